The van der Waals surface area contributed by atoms with Crippen LogP contribution in [0.5, 0.6) is 0 Å². The maximum absolute atomic E-state index is 12.0. The molecule has 0 radical (unpaired) electrons. The zero-order valence-electron chi connectivity index (χ0n) is 13.3. The fourth-order valence-electron chi connectivity index (χ4n) is 1.89. The molecule has 128 valence electrons. The molecule has 0 fully saturated rings. The van der Waals surface area contributed by atoms with Gasteiger partial charge in [-0.15, -0.1) is 0 Å². The van der Waals surface area contributed by atoms with E-state index in [-0.39, 0.29) is 24.5 Å². The predicted molar refractivity (Wildman–Crippen MR) is 83.9 cm³/mol. The molecule has 0 aliphatic heterocycles. The Labute approximate surface area is 138 Å². The second-order valence-electron chi connectivity index (χ2n) is 4.55. The van der Waals surface area contributed by atoms with Crippen molar-refractivity contribution < 1.29 is 28.8 Å². The summed E-state index contributed by atoms with van der Waals surface area (Å²) in [6.45, 7) is 3.22. The number of carbonyl (C=O) groups excluding carboxylic acids is 3. The van der Waals surface area contributed by atoms with Crippen LogP contribution < -0.4 is 0 Å². The second-order valence-corrected chi connectivity index (χ2v) is 4.55. The lowest BCUT2D eigenvalue weighted by Gasteiger charge is -2.14. The van der Waals surface area contributed by atoms with Crippen LogP contribution in [-0.4, -0.2) is 36.4 Å². The number of nitro benzene ring substituents is 1. The van der Waals surface area contributed by atoms with Crippen molar-refractivity contribution in [1.29, 1.82) is 0 Å². The van der Waals surface area contributed by atoms with E-state index in [1.54, 1.807) is 13.8 Å². The van der Waals surface area contributed by atoms with E-state index >= 15 is 0 Å². The van der Waals surface area contributed by atoms with Crippen LogP contribution >= 0.6 is 0 Å². The number of esters is 2. The van der Waals surface area contributed by atoms with Gasteiger partial charge >= 0.3 is 11.9 Å². The third-order valence-corrected chi connectivity index (χ3v) is 2.95. The van der Waals surface area contributed by atoms with E-state index < -0.39 is 22.8 Å². The van der Waals surface area contributed by atoms with E-state index in [4.69, 9.17) is 9.47 Å². The van der Waals surface area contributed by atoms with Crippen LogP contribution in [0.3, 0.4) is 0 Å². The zero-order valence-corrected chi connectivity index (χ0v) is 13.3. The molecule has 1 aromatic rings. The van der Waals surface area contributed by atoms with Crippen LogP contribution in [0.15, 0.2) is 29.8 Å². The van der Waals surface area contributed by atoms with Crippen LogP contribution in [0.4, 0.5) is 5.69 Å². The van der Waals surface area contributed by atoms with Crippen LogP contribution in [0.1, 0.15) is 19.4 Å². The standard InChI is InChI=1S/C16H17NO7/c1-3-23-15(19)14(16(20)24-4-2)12(10-18)9-11-5-7-13(8-6-11)17(21)22/h5-10,14H,3-4H2,1-2H3/b12-9-. The highest BCUT2D eigenvalue weighted by atomic mass is 16.6. The van der Waals surface area contributed by atoms with Crippen molar-refractivity contribution in [3.63, 3.8) is 0 Å². The number of hydrogen-bond donors (Lipinski definition) is 0. The molecule has 0 N–H and O–H groups in total. The summed E-state index contributed by atoms with van der Waals surface area (Å²) in [4.78, 5) is 45.4. The first-order chi connectivity index (χ1) is 11.4. The summed E-state index contributed by atoms with van der Waals surface area (Å²) in [6, 6.07) is 5.29. The van der Waals surface area contributed by atoms with Crippen molar-refractivity contribution in [3.05, 3.63) is 45.5 Å². The van der Waals surface area contributed by atoms with Gasteiger partial charge in [-0.05, 0) is 37.6 Å². The second kappa shape index (κ2) is 9.19. The van der Waals surface area contributed by atoms with E-state index in [2.05, 4.69) is 0 Å². The largest absolute Gasteiger partial charge is 0.465 e. The first-order valence-corrected chi connectivity index (χ1v) is 7.19. The summed E-state index contributed by atoms with van der Waals surface area (Å²) >= 11 is 0. The zero-order chi connectivity index (χ0) is 18.1. The molecule has 24 heavy (non-hydrogen) atoms. The number of nitro groups is 1. The minimum atomic E-state index is -1.50. The molecule has 0 aliphatic rings. The Kier molecular flexibility index (Phi) is 7.28. The van der Waals surface area contributed by atoms with Gasteiger partial charge in [-0.25, -0.2) is 0 Å². The molecule has 8 nitrogen and oxygen atoms in total. The molecular weight excluding hydrogens is 318 g/mol. The maximum atomic E-state index is 12.0. The van der Waals surface area contributed by atoms with Gasteiger partial charge in [0.2, 0.25) is 0 Å². The van der Waals surface area contributed by atoms with E-state index in [0.29, 0.717) is 11.8 Å². The van der Waals surface area contributed by atoms with Gasteiger partial charge in [0, 0.05) is 17.7 Å². The predicted octanol–water partition coefficient (Wildman–Crippen LogP) is 1.92. The molecular formula is C16H17NO7. The molecule has 1 aromatic carbocycles. The Morgan fingerprint density at radius 2 is 1.62 bits per heavy atom. The lowest BCUT2D eigenvalue weighted by Crippen LogP contribution is -2.30. The van der Waals surface area contributed by atoms with Crippen molar-refractivity contribution in [1.82, 2.24) is 0 Å². The van der Waals surface area contributed by atoms with E-state index in [9.17, 15) is 24.5 Å². The van der Waals surface area contributed by atoms with Gasteiger partial charge in [0.15, 0.2) is 5.92 Å². The summed E-state index contributed by atoms with van der Waals surface area (Å²) in [5.74, 6) is -3.29. The molecule has 8 heteroatoms. The minimum Gasteiger partial charge on any atom is -0.465 e. The summed E-state index contributed by atoms with van der Waals surface area (Å²) < 4.78 is 9.63. The van der Waals surface area contributed by atoms with Gasteiger partial charge in [-0.3, -0.25) is 24.5 Å². The van der Waals surface area contributed by atoms with Crippen LogP contribution in [0.25, 0.3) is 6.08 Å². The average Bonchev–Trinajstić information content (AvgIpc) is 2.55. The fraction of sp³-hybridized carbons (Fsp3) is 0.312. The Hall–Kier alpha value is -3.03. The number of carbonyl (C=O) groups is 3. The van der Waals surface area contributed by atoms with Crippen molar-refractivity contribution >= 4 is 30.0 Å². The van der Waals surface area contributed by atoms with Gasteiger partial charge in [0.1, 0.15) is 6.29 Å². The molecule has 0 saturated carbocycles. The monoisotopic (exact) mass is 335 g/mol. The van der Waals surface area contributed by atoms with E-state index in [0.717, 1.165) is 0 Å². The van der Waals surface area contributed by atoms with Gasteiger partial charge in [-0.2, -0.15) is 0 Å². The van der Waals surface area contributed by atoms with Crippen molar-refractivity contribution in [2.24, 2.45) is 5.92 Å². The Balaban J connectivity index is 3.19. The molecule has 1 rings (SSSR count). The highest BCUT2D eigenvalue weighted by Gasteiger charge is 2.33. The Morgan fingerprint density at radius 3 is 2.00 bits per heavy atom. The van der Waals surface area contributed by atoms with Crippen molar-refractivity contribution in [2.75, 3.05) is 13.2 Å². The van der Waals surface area contributed by atoms with Crippen LogP contribution in [0, 0.1) is 16.0 Å². The SMILES string of the molecule is CCOC(=O)C(C(=O)OCC)/C(C=O)=C\c1ccc([N+](=O)[O-])cc1. The number of aldehydes is 1. The number of nitrogens with zero attached hydrogens (tertiary/aromatic N) is 1. The first kappa shape index (κ1) is 19.0. The molecule has 0 aromatic heterocycles. The topological polar surface area (TPSA) is 113 Å². The van der Waals surface area contributed by atoms with Crippen LogP contribution in [-0.2, 0) is 23.9 Å². The lowest BCUT2D eigenvalue weighted by molar-refractivity contribution is -0.384. The molecule has 0 aliphatic carbocycles. The number of rotatable bonds is 8. The van der Waals surface area contributed by atoms with Crippen molar-refractivity contribution in [3.8, 4) is 0 Å². The molecule has 0 bridgehead atoms. The highest BCUT2D eigenvalue weighted by Crippen LogP contribution is 2.19. The molecule has 0 heterocycles. The van der Waals surface area contributed by atoms with Crippen LogP contribution in [0.2, 0.25) is 0 Å². The Bertz CT molecular complexity index is 631. The number of benzene rings is 1. The van der Waals surface area contributed by atoms with E-state index in [1.165, 1.54) is 30.3 Å². The van der Waals surface area contributed by atoms with Gasteiger partial charge in [-0.1, -0.05) is 0 Å². The quantitative estimate of drug-likeness (QED) is 0.178. The highest BCUT2D eigenvalue weighted by molar-refractivity contribution is 6.05. The first-order valence-electron chi connectivity index (χ1n) is 7.19. The molecule has 0 saturated heterocycles. The molecule has 0 amide bonds. The smallest absolute Gasteiger partial charge is 0.325 e. The van der Waals surface area contributed by atoms with E-state index in [1.807, 2.05) is 0 Å². The summed E-state index contributed by atoms with van der Waals surface area (Å²) in [7, 11) is 0. The van der Waals surface area contributed by atoms with Gasteiger partial charge < -0.3 is 9.47 Å². The molecule has 0 unspecified atom stereocenters. The normalized spacial score (nSPS) is 11.0. The summed E-state index contributed by atoms with van der Waals surface area (Å²) in [5, 5.41) is 10.6. The van der Waals surface area contributed by atoms with Crippen molar-refractivity contribution in [2.45, 2.75) is 13.8 Å². The molecule has 0 spiro atoms. The summed E-state index contributed by atoms with van der Waals surface area (Å²) in [5.41, 5.74) is 0.147. The fourth-order valence-corrected chi connectivity index (χ4v) is 1.89. The third-order valence-electron chi connectivity index (χ3n) is 2.95. The number of non-ortho nitro benzene ring substituents is 1. The number of hydrogen-bond acceptors (Lipinski definition) is 7. The van der Waals surface area contributed by atoms with Gasteiger partial charge in [0.05, 0.1) is 18.1 Å². The maximum Gasteiger partial charge on any atom is 0.325 e. The summed E-state index contributed by atoms with van der Waals surface area (Å²) in [6.07, 6.45) is 1.65. The Morgan fingerprint density at radius 1 is 1.12 bits per heavy atom. The lowest BCUT2D eigenvalue weighted by atomic mass is 9.97. The van der Waals surface area contributed by atoms with Gasteiger partial charge in [0.25, 0.3) is 5.69 Å². The molecule has 0 atom stereocenters. The minimum absolute atomic E-state index is 0.0401. The average molecular weight is 335 g/mol. The third kappa shape index (κ3) is 5.01. The number of ether oxygens (including phenoxy) is 2.